The molecule has 0 N–H and O–H groups in total. The summed E-state index contributed by atoms with van der Waals surface area (Å²) in [6.07, 6.45) is 6.37. The van der Waals surface area contributed by atoms with Gasteiger partial charge in [0.15, 0.2) is 11.6 Å². The van der Waals surface area contributed by atoms with Gasteiger partial charge in [0.2, 0.25) is 0 Å². The van der Waals surface area contributed by atoms with Crippen LogP contribution in [0, 0.1) is 0 Å². The number of nitrogens with zero attached hydrogens (tertiary/aromatic N) is 2. The van der Waals surface area contributed by atoms with Crippen molar-refractivity contribution in [1.82, 2.24) is 0 Å². The van der Waals surface area contributed by atoms with E-state index in [9.17, 15) is 9.59 Å². The highest BCUT2D eigenvalue weighted by Gasteiger charge is 2.08. The summed E-state index contributed by atoms with van der Waals surface area (Å²) in [5.41, 5.74) is 1.59. The van der Waals surface area contributed by atoms with E-state index in [2.05, 4.69) is 9.98 Å². The lowest BCUT2D eigenvalue weighted by Gasteiger charge is -2.07. The molecule has 0 bridgehead atoms. The average Bonchev–Trinajstić information content (AvgIpc) is 2.41. The van der Waals surface area contributed by atoms with Crippen LogP contribution in [0.2, 0.25) is 0 Å². The number of rotatable bonds is 2. The Kier molecular flexibility index (Phi) is 6.47. The third-order valence-corrected chi connectivity index (χ3v) is 3.06. The van der Waals surface area contributed by atoms with E-state index in [-0.39, 0.29) is 11.6 Å². The largest absolute Gasteiger partial charge is 0.293 e. The van der Waals surface area contributed by atoms with Crippen molar-refractivity contribution in [1.29, 1.82) is 0 Å². The molecule has 4 nitrogen and oxygen atoms in total. The number of Topliss-reactive ketones (excluding diaryl/α,β-unsaturated/α-hetero) is 2. The summed E-state index contributed by atoms with van der Waals surface area (Å²) in [7, 11) is 0. The minimum absolute atomic E-state index is 0.148. The van der Waals surface area contributed by atoms with Gasteiger partial charge in [0.1, 0.15) is 0 Å². The van der Waals surface area contributed by atoms with Crippen LogP contribution in [-0.2, 0) is 9.59 Å². The molecule has 0 aliphatic carbocycles. The van der Waals surface area contributed by atoms with E-state index >= 15 is 0 Å². The van der Waals surface area contributed by atoms with Crippen LogP contribution >= 0.6 is 0 Å². The molecule has 4 heteroatoms. The zero-order valence-electron chi connectivity index (χ0n) is 11.4. The number of ketones is 2. The lowest BCUT2D eigenvalue weighted by atomic mass is 10.1. The normalized spacial score (nSPS) is 19.0. The van der Waals surface area contributed by atoms with Gasteiger partial charge in [0.05, 0.1) is 11.4 Å². The summed E-state index contributed by atoms with van der Waals surface area (Å²) >= 11 is 0. The molecule has 100 valence electrons. The summed E-state index contributed by atoms with van der Waals surface area (Å²) in [5.74, 6) is 0.296. The molecule has 2 aliphatic heterocycles. The van der Waals surface area contributed by atoms with Crippen molar-refractivity contribution in [3.63, 3.8) is 0 Å². The zero-order valence-corrected chi connectivity index (χ0v) is 11.4. The van der Waals surface area contributed by atoms with Crippen LogP contribution in [0.3, 0.4) is 0 Å². The van der Waals surface area contributed by atoms with Crippen molar-refractivity contribution in [3.05, 3.63) is 0 Å². The second kappa shape index (κ2) is 7.90. The highest BCUT2D eigenvalue weighted by molar-refractivity contribution is 6.39. The van der Waals surface area contributed by atoms with Gasteiger partial charge in [-0.3, -0.25) is 19.6 Å². The maximum absolute atomic E-state index is 10.7. The molecule has 0 unspecified atom stereocenters. The minimum atomic E-state index is 0.148. The molecule has 0 aromatic carbocycles. The first-order chi connectivity index (χ1) is 8.61. The summed E-state index contributed by atoms with van der Waals surface area (Å²) in [4.78, 5) is 29.5. The van der Waals surface area contributed by atoms with E-state index < -0.39 is 0 Å². The second-order valence-electron chi connectivity index (χ2n) is 4.68. The standard InChI is InChI=1S/2C7H11NO/c2*1-6(9)7-4-2-3-5-8-7/h2*2-5H2,1H3. The van der Waals surface area contributed by atoms with Crippen molar-refractivity contribution in [2.75, 3.05) is 13.1 Å². The molecular formula is C14H22N2O2. The summed E-state index contributed by atoms with van der Waals surface area (Å²) in [5, 5.41) is 0. The second-order valence-corrected chi connectivity index (χ2v) is 4.68. The van der Waals surface area contributed by atoms with Crippen molar-refractivity contribution < 1.29 is 9.59 Å². The molecule has 0 aromatic rings. The average molecular weight is 250 g/mol. The Morgan fingerprint density at radius 3 is 1.33 bits per heavy atom. The topological polar surface area (TPSA) is 58.9 Å². The first-order valence-corrected chi connectivity index (χ1v) is 6.70. The van der Waals surface area contributed by atoms with E-state index in [4.69, 9.17) is 0 Å². The molecule has 0 saturated heterocycles. The lowest BCUT2D eigenvalue weighted by Crippen LogP contribution is -2.14. The van der Waals surface area contributed by atoms with Gasteiger partial charge in [-0.15, -0.1) is 0 Å². The van der Waals surface area contributed by atoms with E-state index in [1.54, 1.807) is 13.8 Å². The smallest absolute Gasteiger partial charge is 0.173 e. The summed E-state index contributed by atoms with van der Waals surface area (Å²) in [6, 6.07) is 0. The van der Waals surface area contributed by atoms with Crippen LogP contribution in [0.4, 0.5) is 0 Å². The fourth-order valence-corrected chi connectivity index (χ4v) is 1.97. The minimum Gasteiger partial charge on any atom is -0.293 e. The van der Waals surface area contributed by atoms with Crippen LogP contribution in [0.15, 0.2) is 9.98 Å². The van der Waals surface area contributed by atoms with Gasteiger partial charge in [-0.25, -0.2) is 0 Å². The molecular weight excluding hydrogens is 228 g/mol. The highest BCUT2D eigenvalue weighted by atomic mass is 16.1. The highest BCUT2D eigenvalue weighted by Crippen LogP contribution is 2.06. The predicted molar refractivity (Wildman–Crippen MR) is 73.7 cm³/mol. The van der Waals surface area contributed by atoms with Gasteiger partial charge in [0, 0.05) is 26.9 Å². The van der Waals surface area contributed by atoms with E-state index in [1.807, 2.05) is 0 Å². The third-order valence-electron chi connectivity index (χ3n) is 3.06. The Labute approximate surface area is 109 Å². The molecule has 2 rings (SSSR count). The van der Waals surface area contributed by atoms with Gasteiger partial charge >= 0.3 is 0 Å². The van der Waals surface area contributed by atoms with Crippen LogP contribution in [-0.4, -0.2) is 36.1 Å². The van der Waals surface area contributed by atoms with Crippen LogP contribution in [0.1, 0.15) is 52.4 Å². The van der Waals surface area contributed by atoms with E-state index in [1.165, 1.54) is 0 Å². The monoisotopic (exact) mass is 250 g/mol. The summed E-state index contributed by atoms with van der Waals surface area (Å²) in [6.45, 7) is 4.89. The maximum atomic E-state index is 10.7. The Bertz CT molecular complexity index is 334. The van der Waals surface area contributed by atoms with Crippen LogP contribution < -0.4 is 0 Å². The zero-order chi connectivity index (χ0) is 13.4. The Hall–Kier alpha value is -1.32. The van der Waals surface area contributed by atoms with Gasteiger partial charge < -0.3 is 0 Å². The molecule has 0 aromatic heterocycles. The maximum Gasteiger partial charge on any atom is 0.173 e. The number of hydrogen-bond acceptors (Lipinski definition) is 4. The van der Waals surface area contributed by atoms with Gasteiger partial charge in [-0.1, -0.05) is 0 Å². The SMILES string of the molecule is CC(=O)C1=NCCCC1.CC(=O)C1=NCCCC1. The molecule has 2 heterocycles. The number of carbonyl (C=O) groups excluding carboxylic acids is 2. The molecule has 0 saturated carbocycles. The van der Waals surface area contributed by atoms with Crippen molar-refractivity contribution >= 4 is 23.0 Å². The first-order valence-electron chi connectivity index (χ1n) is 6.70. The van der Waals surface area contributed by atoms with E-state index in [0.29, 0.717) is 0 Å². The Morgan fingerprint density at radius 1 is 0.778 bits per heavy atom. The van der Waals surface area contributed by atoms with E-state index in [0.717, 1.165) is 63.0 Å². The number of hydrogen-bond donors (Lipinski definition) is 0. The molecule has 0 atom stereocenters. The molecule has 2 aliphatic rings. The van der Waals surface area contributed by atoms with Crippen molar-refractivity contribution in [2.45, 2.75) is 52.4 Å². The van der Waals surface area contributed by atoms with Crippen LogP contribution in [0.25, 0.3) is 0 Å². The van der Waals surface area contributed by atoms with Crippen molar-refractivity contribution in [2.24, 2.45) is 9.98 Å². The Balaban J connectivity index is 0.000000180. The molecule has 0 fully saturated rings. The number of carbonyl (C=O) groups is 2. The predicted octanol–water partition coefficient (Wildman–Crippen LogP) is 2.40. The quantitative estimate of drug-likeness (QED) is 0.755. The Morgan fingerprint density at radius 2 is 1.17 bits per heavy atom. The van der Waals surface area contributed by atoms with Gasteiger partial charge in [-0.2, -0.15) is 0 Å². The third kappa shape index (κ3) is 5.34. The molecule has 0 radical (unpaired) electrons. The molecule has 18 heavy (non-hydrogen) atoms. The van der Waals surface area contributed by atoms with Gasteiger partial charge in [0.25, 0.3) is 0 Å². The van der Waals surface area contributed by atoms with Crippen molar-refractivity contribution in [3.8, 4) is 0 Å². The molecule has 0 spiro atoms. The fourth-order valence-electron chi connectivity index (χ4n) is 1.97. The first kappa shape index (κ1) is 14.7. The van der Waals surface area contributed by atoms with Gasteiger partial charge in [-0.05, 0) is 38.5 Å². The number of aliphatic imine (C=N–C) groups is 2. The summed E-state index contributed by atoms with van der Waals surface area (Å²) < 4.78 is 0. The fraction of sp³-hybridized carbons (Fsp3) is 0.714. The lowest BCUT2D eigenvalue weighted by molar-refractivity contribution is -0.112. The van der Waals surface area contributed by atoms with Crippen LogP contribution in [0.5, 0.6) is 0 Å². The molecule has 0 amide bonds.